The minimum absolute atomic E-state index is 0.113. The number of nitrogen functional groups attached to an aromatic ring is 1. The summed E-state index contributed by atoms with van der Waals surface area (Å²) >= 11 is 1.48. The quantitative estimate of drug-likeness (QED) is 0.467. The number of nitrogens with two attached hydrogens (primary N) is 1. The first-order valence-corrected chi connectivity index (χ1v) is 9.31. The molecule has 3 rings (SSSR count). The Hall–Kier alpha value is -3.20. The van der Waals surface area contributed by atoms with Crippen LogP contribution in [0.15, 0.2) is 48.5 Å². The summed E-state index contributed by atoms with van der Waals surface area (Å²) in [5, 5.41) is 14.2. The number of nitrogens with zero attached hydrogens (tertiary/aromatic N) is 4. The second kappa shape index (κ2) is 8.45. The molecule has 0 saturated heterocycles. The van der Waals surface area contributed by atoms with Crippen LogP contribution in [0.5, 0.6) is 0 Å². The summed E-state index contributed by atoms with van der Waals surface area (Å²) in [7, 11) is 0. The van der Waals surface area contributed by atoms with Crippen molar-refractivity contribution in [3.63, 3.8) is 0 Å². The molecule has 0 saturated carbocycles. The van der Waals surface area contributed by atoms with Crippen molar-refractivity contribution in [1.82, 2.24) is 15.0 Å². The van der Waals surface area contributed by atoms with Crippen molar-refractivity contribution in [2.24, 2.45) is 0 Å². The first-order valence-electron chi connectivity index (χ1n) is 8.15. The Morgan fingerprint density at radius 3 is 2.56 bits per heavy atom. The molecule has 3 aromatic rings. The second-order valence-electron chi connectivity index (χ2n) is 5.80. The molecule has 1 aromatic heterocycles. The molecule has 9 heteroatoms. The van der Waals surface area contributed by atoms with Crippen LogP contribution >= 0.6 is 11.8 Å². The van der Waals surface area contributed by atoms with Gasteiger partial charge < -0.3 is 11.1 Å². The Labute approximate surface area is 160 Å². The van der Waals surface area contributed by atoms with E-state index in [2.05, 4.69) is 20.3 Å². The SMILES string of the molecule is Cc1ccc(Nc2nc(N)nc(CSCc3ccccc3[N+](=O)[O-])n2)cc1. The van der Waals surface area contributed by atoms with Crippen LogP contribution in [0.2, 0.25) is 0 Å². The Balaban J connectivity index is 1.66. The number of para-hydroxylation sites is 1. The summed E-state index contributed by atoms with van der Waals surface area (Å²) in [6, 6.07) is 14.5. The van der Waals surface area contributed by atoms with Gasteiger partial charge >= 0.3 is 0 Å². The zero-order chi connectivity index (χ0) is 19.2. The number of aromatic nitrogens is 3. The zero-order valence-electron chi connectivity index (χ0n) is 14.6. The van der Waals surface area contributed by atoms with E-state index in [1.165, 1.54) is 17.8 Å². The van der Waals surface area contributed by atoms with Crippen LogP contribution in [0.4, 0.5) is 23.3 Å². The maximum Gasteiger partial charge on any atom is 0.273 e. The zero-order valence-corrected chi connectivity index (χ0v) is 15.4. The first kappa shape index (κ1) is 18.6. The molecule has 0 radical (unpaired) electrons. The molecule has 3 N–H and O–H groups in total. The lowest BCUT2D eigenvalue weighted by molar-refractivity contribution is -0.385. The monoisotopic (exact) mass is 382 g/mol. The number of benzene rings is 2. The highest BCUT2D eigenvalue weighted by Crippen LogP contribution is 2.24. The maximum absolute atomic E-state index is 11.1. The molecular formula is C18H18N6O2S. The van der Waals surface area contributed by atoms with Crippen molar-refractivity contribution in [2.75, 3.05) is 11.1 Å². The van der Waals surface area contributed by atoms with Gasteiger partial charge in [0.1, 0.15) is 5.82 Å². The van der Waals surface area contributed by atoms with Gasteiger partial charge in [0, 0.05) is 23.1 Å². The van der Waals surface area contributed by atoms with Crippen LogP contribution in [0.25, 0.3) is 0 Å². The van der Waals surface area contributed by atoms with Gasteiger partial charge in [0.2, 0.25) is 11.9 Å². The van der Waals surface area contributed by atoms with Gasteiger partial charge in [-0.25, -0.2) is 0 Å². The molecule has 0 atom stereocenters. The van der Waals surface area contributed by atoms with Gasteiger partial charge in [-0.15, -0.1) is 11.8 Å². The minimum atomic E-state index is -0.375. The van der Waals surface area contributed by atoms with Gasteiger partial charge in [-0.2, -0.15) is 15.0 Å². The fraction of sp³-hybridized carbons (Fsp3) is 0.167. The molecule has 0 aliphatic heterocycles. The third-order valence-corrected chi connectivity index (χ3v) is 4.66. The summed E-state index contributed by atoms with van der Waals surface area (Å²) in [5.74, 6) is 1.94. The largest absolute Gasteiger partial charge is 0.368 e. The molecule has 0 aliphatic rings. The highest BCUT2D eigenvalue weighted by atomic mass is 32.2. The number of hydrogen-bond donors (Lipinski definition) is 2. The van der Waals surface area contributed by atoms with Crippen molar-refractivity contribution in [2.45, 2.75) is 18.4 Å². The molecule has 1 heterocycles. The number of hydrogen-bond acceptors (Lipinski definition) is 8. The third-order valence-electron chi connectivity index (χ3n) is 3.68. The van der Waals surface area contributed by atoms with Gasteiger partial charge in [-0.1, -0.05) is 35.9 Å². The first-order chi connectivity index (χ1) is 13.0. The standard InChI is InChI=1S/C18H18N6O2S/c1-12-6-8-14(9-7-12)20-18-22-16(21-17(19)23-18)11-27-10-13-4-2-3-5-15(13)24(25)26/h2-9H,10-11H2,1H3,(H3,19,20,21,22,23). The van der Waals surface area contributed by atoms with Crippen LogP contribution in [0, 0.1) is 17.0 Å². The van der Waals surface area contributed by atoms with Crippen LogP contribution in [0.3, 0.4) is 0 Å². The van der Waals surface area contributed by atoms with Gasteiger partial charge in [0.05, 0.1) is 10.7 Å². The number of anilines is 3. The Bertz CT molecular complexity index is 949. The average Bonchev–Trinajstić information content (AvgIpc) is 2.63. The summed E-state index contributed by atoms with van der Waals surface area (Å²) in [4.78, 5) is 23.3. The lowest BCUT2D eigenvalue weighted by atomic mass is 10.2. The van der Waals surface area contributed by atoms with Crippen LogP contribution in [-0.4, -0.2) is 19.9 Å². The van der Waals surface area contributed by atoms with Crippen molar-refractivity contribution in [3.05, 3.63) is 75.6 Å². The van der Waals surface area contributed by atoms with E-state index in [0.29, 0.717) is 28.8 Å². The Morgan fingerprint density at radius 1 is 1.07 bits per heavy atom. The second-order valence-corrected chi connectivity index (χ2v) is 6.79. The van der Waals surface area contributed by atoms with E-state index in [1.54, 1.807) is 18.2 Å². The molecule has 27 heavy (non-hydrogen) atoms. The number of nitro groups is 1. The predicted octanol–water partition coefficient (Wildman–Crippen LogP) is 3.85. The fourth-order valence-electron chi connectivity index (χ4n) is 2.39. The maximum atomic E-state index is 11.1. The average molecular weight is 382 g/mol. The molecule has 138 valence electrons. The number of nitro benzene ring substituents is 1. The molecule has 0 amide bonds. The summed E-state index contributed by atoms with van der Waals surface area (Å²) in [6.07, 6.45) is 0. The molecule has 0 bridgehead atoms. The molecule has 0 spiro atoms. The summed E-state index contributed by atoms with van der Waals surface area (Å²) in [5.41, 5.74) is 8.56. The van der Waals surface area contributed by atoms with Crippen molar-refractivity contribution >= 4 is 35.0 Å². The number of aryl methyl sites for hydroxylation is 1. The molecule has 2 aromatic carbocycles. The molecule has 8 nitrogen and oxygen atoms in total. The number of rotatable bonds is 7. The van der Waals surface area contributed by atoms with E-state index < -0.39 is 0 Å². The van der Waals surface area contributed by atoms with Gasteiger partial charge in [-0.3, -0.25) is 10.1 Å². The molecule has 0 fully saturated rings. The van der Waals surface area contributed by atoms with Crippen molar-refractivity contribution < 1.29 is 4.92 Å². The van der Waals surface area contributed by atoms with Crippen molar-refractivity contribution in [3.8, 4) is 0 Å². The Morgan fingerprint density at radius 2 is 1.81 bits per heavy atom. The number of nitrogens with one attached hydrogen (secondary N) is 1. The van der Waals surface area contributed by atoms with Crippen LogP contribution in [0.1, 0.15) is 17.0 Å². The topological polar surface area (TPSA) is 120 Å². The van der Waals surface area contributed by atoms with E-state index in [-0.39, 0.29) is 16.6 Å². The number of thioether (sulfide) groups is 1. The van der Waals surface area contributed by atoms with E-state index in [0.717, 1.165) is 11.3 Å². The molecule has 0 unspecified atom stereocenters. The van der Waals surface area contributed by atoms with Crippen molar-refractivity contribution in [1.29, 1.82) is 0 Å². The normalized spacial score (nSPS) is 10.6. The van der Waals surface area contributed by atoms with E-state index >= 15 is 0 Å². The predicted molar refractivity (Wildman–Crippen MR) is 107 cm³/mol. The minimum Gasteiger partial charge on any atom is -0.368 e. The lowest BCUT2D eigenvalue weighted by Gasteiger charge is -2.08. The van der Waals surface area contributed by atoms with Gasteiger partial charge in [-0.05, 0) is 19.1 Å². The molecule has 0 aliphatic carbocycles. The highest BCUT2D eigenvalue weighted by molar-refractivity contribution is 7.97. The van der Waals surface area contributed by atoms with Gasteiger partial charge in [0.25, 0.3) is 5.69 Å². The van der Waals surface area contributed by atoms with Crippen LogP contribution in [-0.2, 0) is 11.5 Å². The summed E-state index contributed by atoms with van der Waals surface area (Å²) in [6.45, 7) is 2.01. The van der Waals surface area contributed by atoms with E-state index in [4.69, 9.17) is 5.73 Å². The van der Waals surface area contributed by atoms with E-state index in [1.807, 2.05) is 31.2 Å². The fourth-order valence-corrected chi connectivity index (χ4v) is 3.27. The third kappa shape index (κ3) is 5.14. The molecular weight excluding hydrogens is 364 g/mol. The van der Waals surface area contributed by atoms with E-state index in [9.17, 15) is 10.1 Å². The Kier molecular flexibility index (Phi) is 5.82. The highest BCUT2D eigenvalue weighted by Gasteiger charge is 2.12. The summed E-state index contributed by atoms with van der Waals surface area (Å²) < 4.78 is 0. The van der Waals surface area contributed by atoms with Crippen LogP contribution < -0.4 is 11.1 Å². The van der Waals surface area contributed by atoms with Gasteiger partial charge in [0.15, 0.2) is 0 Å². The smallest absolute Gasteiger partial charge is 0.273 e. The lowest BCUT2D eigenvalue weighted by Crippen LogP contribution is -2.06.